The topological polar surface area (TPSA) is 0 Å². The van der Waals surface area contributed by atoms with E-state index in [9.17, 15) is 0 Å². The van der Waals surface area contributed by atoms with Gasteiger partial charge in [0, 0.05) is 0 Å². The predicted octanol–water partition coefficient (Wildman–Crippen LogP) is 8.29. The van der Waals surface area contributed by atoms with Crippen molar-refractivity contribution in [3.05, 3.63) is 0 Å². The molecule has 0 aromatic heterocycles. The van der Waals surface area contributed by atoms with Crippen LogP contribution >= 0.6 is 0 Å². The first-order chi connectivity index (χ1) is 11.4. The minimum Gasteiger partial charge on any atom is -0.0654 e. The highest BCUT2D eigenvalue weighted by molar-refractivity contribution is 4.87. The van der Waals surface area contributed by atoms with Crippen LogP contribution in [-0.2, 0) is 0 Å². The number of rotatable bonds is 13. The Bertz CT molecular complexity index is 269. The van der Waals surface area contributed by atoms with Gasteiger partial charge in [0.1, 0.15) is 0 Å². The lowest BCUT2D eigenvalue weighted by Gasteiger charge is -2.29. The van der Waals surface area contributed by atoms with Gasteiger partial charge in [0.2, 0.25) is 0 Å². The predicted molar refractivity (Wildman–Crippen MR) is 104 cm³/mol. The molecule has 2 aliphatic rings. The molecule has 0 heterocycles. The molecule has 0 bridgehead atoms. The van der Waals surface area contributed by atoms with E-state index in [1.54, 1.807) is 32.1 Å². The van der Waals surface area contributed by atoms with Crippen molar-refractivity contribution in [3.63, 3.8) is 0 Å². The zero-order valence-electron chi connectivity index (χ0n) is 16.2. The van der Waals surface area contributed by atoms with Crippen molar-refractivity contribution >= 4 is 0 Å². The van der Waals surface area contributed by atoms with E-state index < -0.39 is 0 Å². The van der Waals surface area contributed by atoms with Gasteiger partial charge in [-0.05, 0) is 37.0 Å². The van der Waals surface area contributed by atoms with E-state index in [1.807, 2.05) is 0 Å². The third kappa shape index (κ3) is 7.61. The molecule has 3 atom stereocenters. The quantitative estimate of drug-likeness (QED) is 0.299. The van der Waals surface area contributed by atoms with Crippen LogP contribution in [0.3, 0.4) is 0 Å². The van der Waals surface area contributed by atoms with Gasteiger partial charge in [-0.15, -0.1) is 0 Å². The highest BCUT2D eigenvalue weighted by Gasteiger charge is 2.36. The summed E-state index contributed by atoms with van der Waals surface area (Å²) >= 11 is 0. The van der Waals surface area contributed by atoms with Gasteiger partial charge in [0.05, 0.1) is 0 Å². The first-order valence-corrected chi connectivity index (χ1v) is 11.4. The molecule has 0 aromatic carbocycles. The molecule has 0 aromatic rings. The van der Waals surface area contributed by atoms with E-state index in [1.165, 1.54) is 89.9 Å². The van der Waals surface area contributed by atoms with Crippen LogP contribution in [0.25, 0.3) is 0 Å². The average molecular weight is 321 g/mol. The molecule has 2 rings (SSSR count). The van der Waals surface area contributed by atoms with Gasteiger partial charge in [-0.25, -0.2) is 0 Å². The molecule has 136 valence electrons. The summed E-state index contributed by atoms with van der Waals surface area (Å²) in [4.78, 5) is 0. The second-order valence-corrected chi connectivity index (χ2v) is 8.72. The van der Waals surface area contributed by atoms with Gasteiger partial charge in [0.15, 0.2) is 0 Å². The first kappa shape index (κ1) is 19.3. The van der Waals surface area contributed by atoms with Crippen molar-refractivity contribution in [1.82, 2.24) is 0 Å². The van der Waals surface area contributed by atoms with Crippen LogP contribution in [0.5, 0.6) is 0 Å². The van der Waals surface area contributed by atoms with Gasteiger partial charge >= 0.3 is 0 Å². The Morgan fingerprint density at radius 1 is 0.565 bits per heavy atom. The van der Waals surface area contributed by atoms with Crippen molar-refractivity contribution in [3.8, 4) is 0 Å². The molecule has 2 saturated carbocycles. The Morgan fingerprint density at radius 2 is 1.13 bits per heavy atom. The third-order valence-corrected chi connectivity index (χ3v) is 6.91. The van der Waals surface area contributed by atoms with E-state index in [0.717, 1.165) is 17.8 Å². The second kappa shape index (κ2) is 12.4. The van der Waals surface area contributed by atoms with E-state index in [-0.39, 0.29) is 0 Å². The van der Waals surface area contributed by atoms with Crippen LogP contribution in [0.1, 0.15) is 129 Å². The summed E-state index contributed by atoms with van der Waals surface area (Å²) in [6.45, 7) is 2.31. The van der Waals surface area contributed by atoms with E-state index >= 15 is 0 Å². The maximum atomic E-state index is 2.31. The fourth-order valence-corrected chi connectivity index (χ4v) is 5.46. The Morgan fingerprint density at radius 3 is 1.78 bits per heavy atom. The van der Waals surface area contributed by atoms with Crippen molar-refractivity contribution in [1.29, 1.82) is 0 Å². The number of fused-ring (bicyclic) bond motifs is 1. The van der Waals surface area contributed by atoms with Gasteiger partial charge in [0.25, 0.3) is 0 Å². The maximum absolute atomic E-state index is 2.31. The molecule has 0 amide bonds. The van der Waals surface area contributed by atoms with Crippen LogP contribution < -0.4 is 0 Å². The second-order valence-electron chi connectivity index (χ2n) is 8.72. The third-order valence-electron chi connectivity index (χ3n) is 6.91. The molecular formula is C23H44. The Balaban J connectivity index is 1.35. The Labute approximate surface area is 147 Å². The minimum absolute atomic E-state index is 1.13. The fraction of sp³-hybridized carbons (Fsp3) is 1.00. The summed E-state index contributed by atoms with van der Waals surface area (Å²) in [6, 6.07) is 0. The first-order valence-electron chi connectivity index (χ1n) is 11.4. The lowest BCUT2D eigenvalue weighted by Crippen LogP contribution is -2.19. The van der Waals surface area contributed by atoms with E-state index in [4.69, 9.17) is 0 Å². The van der Waals surface area contributed by atoms with Crippen LogP contribution in [0, 0.1) is 17.8 Å². The molecule has 0 aliphatic heterocycles. The maximum Gasteiger partial charge on any atom is -0.0357 e. The molecule has 2 aliphatic carbocycles. The van der Waals surface area contributed by atoms with Crippen LogP contribution in [0.4, 0.5) is 0 Å². The standard InChI is InChI=1S/C23H44/c1-2-3-4-5-6-7-8-9-10-11-12-13-16-21-19-20-22-17-14-15-18-23(21)22/h21-23H,2-20H2,1H3. The molecule has 2 fully saturated rings. The molecule has 0 spiro atoms. The normalized spacial score (nSPS) is 27.3. The molecule has 0 heteroatoms. The van der Waals surface area contributed by atoms with Gasteiger partial charge < -0.3 is 0 Å². The average Bonchev–Trinajstić information content (AvgIpc) is 2.99. The van der Waals surface area contributed by atoms with Crippen molar-refractivity contribution in [2.24, 2.45) is 17.8 Å². The zero-order chi connectivity index (χ0) is 16.2. The molecular weight excluding hydrogens is 276 g/mol. The van der Waals surface area contributed by atoms with Crippen molar-refractivity contribution < 1.29 is 0 Å². The Kier molecular flexibility index (Phi) is 10.4. The smallest absolute Gasteiger partial charge is 0.0357 e. The van der Waals surface area contributed by atoms with Gasteiger partial charge in [-0.2, -0.15) is 0 Å². The summed E-state index contributed by atoms with van der Waals surface area (Å²) in [6.07, 6.45) is 28.8. The van der Waals surface area contributed by atoms with Gasteiger partial charge in [-0.3, -0.25) is 0 Å². The zero-order valence-corrected chi connectivity index (χ0v) is 16.2. The molecule has 0 radical (unpaired) electrons. The molecule has 23 heavy (non-hydrogen) atoms. The summed E-state index contributed by atoms with van der Waals surface area (Å²) in [5, 5.41) is 0. The SMILES string of the molecule is CCCCCCCCCCCCCCC1CCC2CCCCC12. The summed E-state index contributed by atoms with van der Waals surface area (Å²) in [5.74, 6) is 3.42. The van der Waals surface area contributed by atoms with Gasteiger partial charge in [-0.1, -0.05) is 110 Å². The van der Waals surface area contributed by atoms with Crippen LogP contribution in [0.15, 0.2) is 0 Å². The van der Waals surface area contributed by atoms with Crippen LogP contribution in [-0.4, -0.2) is 0 Å². The molecule has 0 saturated heterocycles. The highest BCUT2D eigenvalue weighted by atomic mass is 14.4. The lowest BCUT2D eigenvalue weighted by atomic mass is 9.77. The summed E-state index contributed by atoms with van der Waals surface area (Å²) < 4.78 is 0. The molecule has 3 unspecified atom stereocenters. The minimum atomic E-state index is 1.13. The van der Waals surface area contributed by atoms with E-state index in [0.29, 0.717) is 0 Å². The van der Waals surface area contributed by atoms with Crippen LogP contribution in [0.2, 0.25) is 0 Å². The van der Waals surface area contributed by atoms with Crippen molar-refractivity contribution in [2.75, 3.05) is 0 Å². The number of hydrogen-bond donors (Lipinski definition) is 0. The van der Waals surface area contributed by atoms with E-state index in [2.05, 4.69) is 6.92 Å². The molecule has 0 N–H and O–H groups in total. The summed E-state index contributed by atoms with van der Waals surface area (Å²) in [7, 11) is 0. The van der Waals surface area contributed by atoms with Crippen molar-refractivity contribution in [2.45, 2.75) is 129 Å². The largest absolute Gasteiger partial charge is 0.0654 e. The fourth-order valence-electron chi connectivity index (χ4n) is 5.46. The summed E-state index contributed by atoms with van der Waals surface area (Å²) in [5.41, 5.74) is 0. The molecule has 0 nitrogen and oxygen atoms in total. The Hall–Kier alpha value is 0. The number of unbranched alkanes of at least 4 members (excludes halogenated alkanes) is 11. The monoisotopic (exact) mass is 320 g/mol. The highest BCUT2D eigenvalue weighted by Crippen LogP contribution is 2.47. The number of hydrogen-bond acceptors (Lipinski definition) is 0. The lowest BCUT2D eigenvalue weighted by molar-refractivity contribution is 0.218.